The molecule has 0 unspecified atom stereocenters. The summed E-state index contributed by atoms with van der Waals surface area (Å²) in [6.07, 6.45) is 0.802. The first-order valence-corrected chi connectivity index (χ1v) is 2.65. The third-order valence-corrected chi connectivity index (χ3v) is 1.09. The standard InChI is InChI=1S/C3H3N5O4/c4-6-1-5-2(7(9)10)3(6)8(11)12/h1H,4H2. The molecule has 1 heterocycles. The maximum absolute atomic E-state index is 10.2. The lowest BCUT2D eigenvalue weighted by Crippen LogP contribution is -2.10. The van der Waals surface area contributed by atoms with Crippen LogP contribution in [-0.2, 0) is 0 Å². The molecule has 0 saturated carbocycles. The van der Waals surface area contributed by atoms with Crippen LogP contribution >= 0.6 is 0 Å². The van der Waals surface area contributed by atoms with E-state index in [0.717, 1.165) is 6.33 Å². The topological polar surface area (TPSA) is 130 Å². The third kappa shape index (κ3) is 1.02. The molecule has 1 rings (SSSR count). The summed E-state index contributed by atoms with van der Waals surface area (Å²) in [6, 6.07) is 0. The van der Waals surface area contributed by atoms with Crippen LogP contribution in [0.25, 0.3) is 0 Å². The molecule has 1 aromatic heterocycles. The summed E-state index contributed by atoms with van der Waals surface area (Å²) in [7, 11) is 0. The van der Waals surface area contributed by atoms with Crippen LogP contribution in [0.1, 0.15) is 0 Å². The smallest absolute Gasteiger partial charge is 0.358 e. The van der Waals surface area contributed by atoms with Gasteiger partial charge in [0, 0.05) is 4.98 Å². The average Bonchev–Trinajstić information content (AvgIpc) is 2.30. The Morgan fingerprint density at radius 3 is 2.33 bits per heavy atom. The van der Waals surface area contributed by atoms with Crippen molar-refractivity contribution in [3.63, 3.8) is 0 Å². The molecule has 0 amide bonds. The van der Waals surface area contributed by atoms with Crippen molar-refractivity contribution < 1.29 is 9.85 Å². The molecule has 0 radical (unpaired) electrons. The summed E-state index contributed by atoms with van der Waals surface area (Å²) in [4.78, 5) is 21.5. The molecule has 0 aliphatic heterocycles. The van der Waals surface area contributed by atoms with Crippen LogP contribution in [0.15, 0.2) is 6.33 Å². The fraction of sp³-hybridized carbons (Fsp3) is 0. The molecule has 9 nitrogen and oxygen atoms in total. The lowest BCUT2D eigenvalue weighted by molar-refractivity contribution is -0.428. The summed E-state index contributed by atoms with van der Waals surface area (Å²) in [5.74, 6) is 3.30. The van der Waals surface area contributed by atoms with Crippen LogP contribution in [-0.4, -0.2) is 19.5 Å². The Hall–Kier alpha value is -2.19. The Morgan fingerprint density at radius 1 is 1.42 bits per heavy atom. The SMILES string of the molecule is Nn1cnc([N+](=O)[O-])c1[N+](=O)[O-]. The highest BCUT2D eigenvalue weighted by molar-refractivity contribution is 5.40. The van der Waals surface area contributed by atoms with E-state index < -0.39 is 21.5 Å². The zero-order valence-corrected chi connectivity index (χ0v) is 5.58. The second-order valence-corrected chi connectivity index (χ2v) is 1.81. The van der Waals surface area contributed by atoms with Gasteiger partial charge in [-0.1, -0.05) is 4.68 Å². The van der Waals surface area contributed by atoms with Crippen molar-refractivity contribution in [2.45, 2.75) is 0 Å². The van der Waals surface area contributed by atoms with Crippen molar-refractivity contribution in [3.8, 4) is 0 Å². The fourth-order valence-electron chi connectivity index (χ4n) is 0.650. The van der Waals surface area contributed by atoms with Gasteiger partial charge in [-0.3, -0.25) is 5.84 Å². The Bertz CT molecular complexity index is 342. The largest absolute Gasteiger partial charge is 0.464 e. The van der Waals surface area contributed by atoms with Gasteiger partial charge in [-0.15, -0.1) is 0 Å². The molecule has 0 fully saturated rings. The van der Waals surface area contributed by atoms with E-state index in [1.165, 1.54) is 0 Å². The first kappa shape index (κ1) is 7.91. The Morgan fingerprint density at radius 2 is 2.00 bits per heavy atom. The van der Waals surface area contributed by atoms with Gasteiger partial charge < -0.3 is 20.2 Å². The van der Waals surface area contributed by atoms with Crippen LogP contribution in [0, 0.1) is 20.2 Å². The van der Waals surface area contributed by atoms with Gasteiger partial charge >= 0.3 is 18.0 Å². The molecule has 0 aliphatic carbocycles. The molecule has 9 heteroatoms. The monoisotopic (exact) mass is 173 g/mol. The van der Waals surface area contributed by atoms with Gasteiger partial charge in [-0.05, 0) is 9.85 Å². The molecule has 0 aliphatic rings. The minimum atomic E-state index is -0.971. The maximum Gasteiger partial charge on any atom is 0.464 e. The van der Waals surface area contributed by atoms with Crippen LogP contribution in [0.4, 0.5) is 11.6 Å². The Kier molecular flexibility index (Phi) is 1.62. The van der Waals surface area contributed by atoms with Gasteiger partial charge in [-0.2, -0.15) is 0 Å². The van der Waals surface area contributed by atoms with Crippen LogP contribution in [0.3, 0.4) is 0 Å². The molecule has 64 valence electrons. The lowest BCUT2D eigenvalue weighted by Gasteiger charge is -1.91. The van der Waals surface area contributed by atoms with Gasteiger partial charge in [-0.25, -0.2) is 0 Å². The Balaban J connectivity index is 3.31. The van der Waals surface area contributed by atoms with E-state index in [1.54, 1.807) is 0 Å². The van der Waals surface area contributed by atoms with Crippen molar-refractivity contribution >= 4 is 11.6 Å². The number of hydrogen-bond acceptors (Lipinski definition) is 6. The number of rotatable bonds is 2. The number of imidazole rings is 1. The van der Waals surface area contributed by atoms with Crippen molar-refractivity contribution in [1.29, 1.82) is 0 Å². The van der Waals surface area contributed by atoms with E-state index in [4.69, 9.17) is 5.84 Å². The summed E-state index contributed by atoms with van der Waals surface area (Å²) in [6.45, 7) is 0. The second-order valence-electron chi connectivity index (χ2n) is 1.81. The maximum atomic E-state index is 10.2. The van der Waals surface area contributed by atoms with Crippen LogP contribution in [0.5, 0.6) is 0 Å². The minimum Gasteiger partial charge on any atom is -0.358 e. The molecular formula is C3H3N5O4. The summed E-state index contributed by atoms with van der Waals surface area (Å²) < 4.78 is 0.484. The van der Waals surface area contributed by atoms with Crippen LogP contribution < -0.4 is 5.84 Å². The summed E-state index contributed by atoms with van der Waals surface area (Å²) in [5, 5.41) is 20.3. The van der Waals surface area contributed by atoms with Crippen LogP contribution in [0.2, 0.25) is 0 Å². The highest BCUT2D eigenvalue weighted by Crippen LogP contribution is 2.21. The molecule has 0 bridgehead atoms. The first-order chi connectivity index (χ1) is 5.54. The lowest BCUT2D eigenvalue weighted by atomic mass is 10.7. The molecule has 0 saturated heterocycles. The van der Waals surface area contributed by atoms with E-state index in [9.17, 15) is 20.2 Å². The minimum absolute atomic E-state index is 0.484. The first-order valence-electron chi connectivity index (χ1n) is 2.65. The van der Waals surface area contributed by atoms with Gasteiger partial charge in [0.2, 0.25) is 0 Å². The number of nitro groups is 2. The third-order valence-electron chi connectivity index (χ3n) is 1.09. The zero-order valence-electron chi connectivity index (χ0n) is 5.58. The molecule has 1 aromatic rings. The summed E-state index contributed by atoms with van der Waals surface area (Å²) >= 11 is 0. The average molecular weight is 173 g/mol. The highest BCUT2D eigenvalue weighted by atomic mass is 16.6. The van der Waals surface area contributed by atoms with Gasteiger partial charge in [0.05, 0.1) is 0 Å². The van der Waals surface area contributed by atoms with Crippen molar-refractivity contribution in [2.75, 3.05) is 5.84 Å². The highest BCUT2D eigenvalue weighted by Gasteiger charge is 2.31. The second kappa shape index (κ2) is 2.45. The Labute approximate surface area is 64.7 Å². The van der Waals surface area contributed by atoms with Gasteiger partial charge in [0.25, 0.3) is 0 Å². The fourth-order valence-corrected chi connectivity index (χ4v) is 0.650. The van der Waals surface area contributed by atoms with E-state index in [1.807, 2.05) is 0 Å². The van der Waals surface area contributed by atoms with Crippen molar-refractivity contribution in [1.82, 2.24) is 9.66 Å². The number of aromatic nitrogens is 2. The number of nitrogen functional groups attached to an aromatic ring is 1. The molecule has 12 heavy (non-hydrogen) atoms. The molecule has 0 aromatic carbocycles. The number of hydrogen-bond donors (Lipinski definition) is 1. The molecular weight excluding hydrogens is 170 g/mol. The van der Waals surface area contributed by atoms with E-state index >= 15 is 0 Å². The predicted molar refractivity (Wildman–Crippen MR) is 35.7 cm³/mol. The quantitative estimate of drug-likeness (QED) is 0.361. The predicted octanol–water partition coefficient (Wildman–Crippen LogP) is -0.587. The number of nitrogens with zero attached hydrogens (tertiary/aromatic N) is 4. The normalized spacial score (nSPS) is 9.67. The van der Waals surface area contributed by atoms with E-state index in [0.29, 0.717) is 4.68 Å². The van der Waals surface area contributed by atoms with Crippen molar-refractivity contribution in [2.24, 2.45) is 0 Å². The van der Waals surface area contributed by atoms with Gasteiger partial charge in [0.1, 0.15) is 0 Å². The summed E-state index contributed by atoms with van der Waals surface area (Å²) in [5.41, 5.74) is 0. The van der Waals surface area contributed by atoms with E-state index in [2.05, 4.69) is 4.98 Å². The van der Waals surface area contributed by atoms with Crippen molar-refractivity contribution in [3.05, 3.63) is 26.6 Å². The zero-order chi connectivity index (χ0) is 9.30. The molecule has 0 spiro atoms. The number of nitrogens with two attached hydrogens (primary N) is 1. The van der Waals surface area contributed by atoms with Gasteiger partial charge in [0.15, 0.2) is 0 Å². The molecule has 0 atom stereocenters. The molecule has 2 N–H and O–H groups in total. The van der Waals surface area contributed by atoms with E-state index in [-0.39, 0.29) is 0 Å².